The van der Waals surface area contributed by atoms with Crippen LogP contribution in [0.25, 0.3) is 0 Å². The maximum absolute atomic E-state index is 5.44. The Balaban J connectivity index is 1.20. The van der Waals surface area contributed by atoms with Crippen molar-refractivity contribution in [3.63, 3.8) is 0 Å². The van der Waals surface area contributed by atoms with E-state index in [1.54, 1.807) is 6.33 Å². The Morgan fingerprint density at radius 3 is 2.48 bits per heavy atom. The predicted octanol–water partition coefficient (Wildman–Crippen LogP) is 3.14. The molecule has 0 bridgehead atoms. The third-order valence-electron chi connectivity index (χ3n) is 5.29. The van der Waals surface area contributed by atoms with Gasteiger partial charge in [0.15, 0.2) is 11.5 Å². The number of anilines is 3. The fourth-order valence-corrected chi connectivity index (χ4v) is 3.69. The Labute approximate surface area is 169 Å². The molecule has 1 saturated heterocycles. The summed E-state index contributed by atoms with van der Waals surface area (Å²) in [5, 5.41) is 3.38. The van der Waals surface area contributed by atoms with Crippen molar-refractivity contribution in [2.45, 2.75) is 6.54 Å². The number of benzene rings is 2. The van der Waals surface area contributed by atoms with E-state index in [0.29, 0.717) is 13.3 Å². The van der Waals surface area contributed by atoms with Gasteiger partial charge < -0.3 is 24.6 Å². The first-order chi connectivity index (χ1) is 14.3. The molecule has 5 rings (SSSR count). The predicted molar refractivity (Wildman–Crippen MR) is 113 cm³/mol. The lowest BCUT2D eigenvalue weighted by molar-refractivity contribution is 0.174. The molecule has 3 aromatic rings. The van der Waals surface area contributed by atoms with Crippen LogP contribution in [-0.2, 0) is 6.54 Å². The number of rotatable bonds is 5. The van der Waals surface area contributed by atoms with Crippen LogP contribution in [0.1, 0.15) is 5.56 Å². The third-order valence-corrected chi connectivity index (χ3v) is 5.29. The second kappa shape index (κ2) is 7.87. The molecule has 1 aromatic heterocycles. The van der Waals surface area contributed by atoms with Gasteiger partial charge in [-0.05, 0) is 29.8 Å². The van der Waals surface area contributed by atoms with Crippen LogP contribution in [0.15, 0.2) is 60.9 Å². The lowest BCUT2D eigenvalue weighted by atomic mass is 10.2. The van der Waals surface area contributed by atoms with E-state index in [2.05, 4.69) is 55.4 Å². The number of fused-ring (bicyclic) bond motifs is 1. The highest BCUT2D eigenvalue weighted by molar-refractivity contribution is 5.52. The molecule has 1 fully saturated rings. The summed E-state index contributed by atoms with van der Waals surface area (Å²) in [6, 6.07) is 18.6. The van der Waals surface area contributed by atoms with Crippen molar-refractivity contribution in [2.75, 3.05) is 48.1 Å². The van der Waals surface area contributed by atoms with Gasteiger partial charge in [-0.3, -0.25) is 0 Å². The van der Waals surface area contributed by atoms with E-state index in [4.69, 9.17) is 9.47 Å². The average molecular weight is 389 g/mol. The van der Waals surface area contributed by atoms with Gasteiger partial charge in [0.05, 0.1) is 0 Å². The van der Waals surface area contributed by atoms with Crippen LogP contribution in [0.3, 0.4) is 0 Å². The summed E-state index contributed by atoms with van der Waals surface area (Å²) < 4.78 is 10.8. The average Bonchev–Trinajstić information content (AvgIpc) is 3.27. The lowest BCUT2D eigenvalue weighted by Crippen LogP contribution is -2.46. The molecule has 2 aliphatic heterocycles. The Hall–Kier alpha value is -3.48. The summed E-state index contributed by atoms with van der Waals surface area (Å²) in [4.78, 5) is 13.6. The number of piperazine rings is 1. The van der Waals surface area contributed by atoms with Crippen LogP contribution in [0.2, 0.25) is 0 Å². The van der Waals surface area contributed by atoms with Gasteiger partial charge in [0.2, 0.25) is 6.79 Å². The minimum absolute atomic E-state index is 0.291. The van der Waals surface area contributed by atoms with Gasteiger partial charge in [0.25, 0.3) is 0 Å². The molecule has 0 radical (unpaired) electrons. The zero-order chi connectivity index (χ0) is 19.5. The van der Waals surface area contributed by atoms with Crippen LogP contribution >= 0.6 is 0 Å². The van der Waals surface area contributed by atoms with E-state index in [0.717, 1.165) is 54.9 Å². The fourth-order valence-electron chi connectivity index (χ4n) is 3.69. The molecule has 0 unspecified atom stereocenters. The fraction of sp³-hybridized carbons (Fsp3) is 0.273. The second-order valence-electron chi connectivity index (χ2n) is 7.11. The highest BCUT2D eigenvalue weighted by atomic mass is 16.7. The van der Waals surface area contributed by atoms with Crippen molar-refractivity contribution in [2.24, 2.45) is 0 Å². The smallest absolute Gasteiger partial charge is 0.231 e. The van der Waals surface area contributed by atoms with Crippen molar-refractivity contribution < 1.29 is 9.47 Å². The van der Waals surface area contributed by atoms with Crippen LogP contribution in [0.5, 0.6) is 11.5 Å². The quantitative estimate of drug-likeness (QED) is 0.719. The lowest BCUT2D eigenvalue weighted by Gasteiger charge is -2.36. The van der Waals surface area contributed by atoms with E-state index < -0.39 is 0 Å². The molecule has 0 amide bonds. The van der Waals surface area contributed by atoms with Crippen LogP contribution in [0, 0.1) is 0 Å². The molecule has 0 aliphatic carbocycles. The van der Waals surface area contributed by atoms with Crippen LogP contribution < -0.4 is 24.6 Å². The third kappa shape index (κ3) is 3.89. The molecule has 7 nitrogen and oxygen atoms in total. The van der Waals surface area contributed by atoms with Crippen molar-refractivity contribution in [3.8, 4) is 11.5 Å². The molecule has 0 saturated carbocycles. The van der Waals surface area contributed by atoms with Crippen molar-refractivity contribution in [3.05, 3.63) is 66.5 Å². The summed E-state index contributed by atoms with van der Waals surface area (Å²) >= 11 is 0. The van der Waals surface area contributed by atoms with Gasteiger partial charge in [-0.15, -0.1) is 0 Å². The van der Waals surface area contributed by atoms with Gasteiger partial charge in [0.1, 0.15) is 18.0 Å². The molecule has 3 heterocycles. The summed E-state index contributed by atoms with van der Waals surface area (Å²) in [5.41, 5.74) is 2.40. The number of nitrogens with zero attached hydrogens (tertiary/aromatic N) is 4. The van der Waals surface area contributed by atoms with Gasteiger partial charge >= 0.3 is 0 Å². The minimum atomic E-state index is 0.291. The zero-order valence-electron chi connectivity index (χ0n) is 16.1. The van der Waals surface area contributed by atoms with Crippen LogP contribution in [-0.4, -0.2) is 42.9 Å². The highest BCUT2D eigenvalue weighted by Crippen LogP contribution is 2.32. The minimum Gasteiger partial charge on any atom is -0.454 e. The molecule has 2 aliphatic rings. The van der Waals surface area contributed by atoms with Gasteiger partial charge in [-0.1, -0.05) is 24.3 Å². The van der Waals surface area contributed by atoms with Crippen molar-refractivity contribution in [1.29, 1.82) is 0 Å². The van der Waals surface area contributed by atoms with Crippen molar-refractivity contribution >= 4 is 17.3 Å². The number of hydrogen-bond acceptors (Lipinski definition) is 7. The van der Waals surface area contributed by atoms with Crippen molar-refractivity contribution in [1.82, 2.24) is 9.97 Å². The summed E-state index contributed by atoms with van der Waals surface area (Å²) in [6.07, 6.45) is 1.63. The molecular weight excluding hydrogens is 366 g/mol. The summed E-state index contributed by atoms with van der Waals surface area (Å²) in [6.45, 7) is 4.79. The van der Waals surface area contributed by atoms with E-state index >= 15 is 0 Å². The van der Waals surface area contributed by atoms with E-state index in [-0.39, 0.29) is 0 Å². The number of ether oxygens (including phenoxy) is 2. The summed E-state index contributed by atoms with van der Waals surface area (Å²) in [5.74, 6) is 3.37. The molecule has 0 spiro atoms. The van der Waals surface area contributed by atoms with E-state index in [1.807, 2.05) is 24.3 Å². The largest absolute Gasteiger partial charge is 0.454 e. The normalized spacial score (nSPS) is 15.4. The SMILES string of the molecule is c1ccc(N2CCN(c3cc(NCc4ccc5c(c4)OCO5)ncn3)CC2)cc1. The Bertz CT molecular complexity index is 974. The molecule has 1 N–H and O–H groups in total. The van der Waals surface area contributed by atoms with Gasteiger partial charge in [-0.2, -0.15) is 0 Å². The standard InChI is InChI=1S/C22H23N5O2/c1-2-4-18(5-3-1)26-8-10-27(11-9-26)22-13-21(24-15-25-22)23-14-17-6-7-19-20(12-17)29-16-28-19/h1-7,12-13,15H,8-11,14,16H2,(H,23,24,25). The monoisotopic (exact) mass is 389 g/mol. The molecule has 148 valence electrons. The Morgan fingerprint density at radius 2 is 1.62 bits per heavy atom. The van der Waals surface area contributed by atoms with Gasteiger partial charge in [-0.25, -0.2) is 9.97 Å². The molecule has 7 heteroatoms. The second-order valence-corrected chi connectivity index (χ2v) is 7.11. The highest BCUT2D eigenvalue weighted by Gasteiger charge is 2.19. The number of nitrogens with one attached hydrogen (secondary N) is 1. The molecule has 2 aromatic carbocycles. The first-order valence-corrected chi connectivity index (χ1v) is 9.84. The zero-order valence-corrected chi connectivity index (χ0v) is 16.1. The maximum atomic E-state index is 5.44. The molecule has 29 heavy (non-hydrogen) atoms. The summed E-state index contributed by atoms with van der Waals surface area (Å²) in [7, 11) is 0. The number of hydrogen-bond donors (Lipinski definition) is 1. The Morgan fingerprint density at radius 1 is 0.828 bits per heavy atom. The topological polar surface area (TPSA) is 62.8 Å². The molecule has 0 atom stereocenters. The van der Waals surface area contributed by atoms with E-state index in [9.17, 15) is 0 Å². The first kappa shape index (κ1) is 17.6. The Kier molecular flexibility index (Phi) is 4.78. The maximum Gasteiger partial charge on any atom is 0.231 e. The number of aromatic nitrogens is 2. The first-order valence-electron chi connectivity index (χ1n) is 9.84. The molecular formula is C22H23N5O2. The number of para-hydroxylation sites is 1. The van der Waals surface area contributed by atoms with E-state index in [1.165, 1.54) is 5.69 Å². The van der Waals surface area contributed by atoms with Crippen LogP contribution in [0.4, 0.5) is 17.3 Å². The van der Waals surface area contributed by atoms with Gasteiger partial charge in [0, 0.05) is 44.5 Å².